The summed E-state index contributed by atoms with van der Waals surface area (Å²) in [5.74, 6) is -0.329. The van der Waals surface area contributed by atoms with E-state index in [0.29, 0.717) is 17.7 Å². The van der Waals surface area contributed by atoms with Gasteiger partial charge in [0.1, 0.15) is 10.8 Å². The molecule has 0 spiro atoms. The van der Waals surface area contributed by atoms with Crippen molar-refractivity contribution in [3.8, 4) is 0 Å². The second kappa shape index (κ2) is 5.63. The maximum absolute atomic E-state index is 13.2. The van der Waals surface area contributed by atoms with Crippen LogP contribution in [0.4, 0.5) is 10.1 Å². The van der Waals surface area contributed by atoms with E-state index in [1.807, 2.05) is 0 Å². The molecule has 0 aromatic heterocycles. The Morgan fingerprint density at radius 3 is 2.89 bits per heavy atom. The van der Waals surface area contributed by atoms with Crippen LogP contribution in [0, 0.1) is 5.82 Å². The average molecular weight is 268 g/mol. The second-order valence-corrected chi connectivity index (χ2v) is 5.01. The summed E-state index contributed by atoms with van der Waals surface area (Å²) in [6, 6.07) is 4.79. The average Bonchev–Trinajstić information content (AvgIpc) is 2.79. The number of benzene rings is 1. The lowest BCUT2D eigenvalue weighted by molar-refractivity contribution is 0.108. The fourth-order valence-corrected chi connectivity index (χ4v) is 2.52. The van der Waals surface area contributed by atoms with Gasteiger partial charge in [-0.15, -0.1) is 0 Å². The normalized spacial score (nSPS) is 23.0. The molecule has 1 aliphatic carbocycles. The van der Waals surface area contributed by atoms with Gasteiger partial charge in [0.25, 0.3) is 0 Å². The number of methoxy groups -OCH3 is 1. The zero-order chi connectivity index (χ0) is 13.1. The Hall–Kier alpha value is -1.20. The van der Waals surface area contributed by atoms with Crippen molar-refractivity contribution in [2.75, 3.05) is 12.4 Å². The fraction of sp³-hybridized carbons (Fsp3) is 0.462. The van der Waals surface area contributed by atoms with Crippen LogP contribution in [0.15, 0.2) is 18.2 Å². The van der Waals surface area contributed by atoms with Crippen molar-refractivity contribution in [1.29, 1.82) is 0 Å². The molecule has 0 saturated heterocycles. The summed E-state index contributed by atoms with van der Waals surface area (Å²) in [5, 5.41) is 3.37. The van der Waals surface area contributed by atoms with E-state index in [1.165, 1.54) is 12.1 Å². The van der Waals surface area contributed by atoms with Crippen molar-refractivity contribution < 1.29 is 9.13 Å². The van der Waals surface area contributed by atoms with Gasteiger partial charge in [0.2, 0.25) is 0 Å². The van der Waals surface area contributed by atoms with Crippen LogP contribution < -0.4 is 11.1 Å². The first-order valence-corrected chi connectivity index (χ1v) is 6.39. The van der Waals surface area contributed by atoms with E-state index in [1.54, 1.807) is 13.2 Å². The molecule has 98 valence electrons. The highest BCUT2D eigenvalue weighted by molar-refractivity contribution is 7.80. The number of thiocarbonyl (C=S) groups is 1. The van der Waals surface area contributed by atoms with Crippen molar-refractivity contribution >= 4 is 22.9 Å². The zero-order valence-electron chi connectivity index (χ0n) is 10.3. The number of nitrogens with two attached hydrogens (primary N) is 1. The molecule has 2 rings (SSSR count). The molecular weight excluding hydrogens is 251 g/mol. The molecule has 1 fully saturated rings. The minimum absolute atomic E-state index is 0.207. The summed E-state index contributed by atoms with van der Waals surface area (Å²) < 4.78 is 18.5. The van der Waals surface area contributed by atoms with E-state index in [9.17, 15) is 4.39 Å². The van der Waals surface area contributed by atoms with E-state index in [2.05, 4.69) is 5.32 Å². The molecule has 2 unspecified atom stereocenters. The number of nitrogens with one attached hydrogen (secondary N) is 1. The highest BCUT2D eigenvalue weighted by Gasteiger charge is 2.24. The van der Waals surface area contributed by atoms with Crippen LogP contribution in [0.2, 0.25) is 0 Å². The Morgan fingerprint density at radius 2 is 2.28 bits per heavy atom. The van der Waals surface area contributed by atoms with E-state index in [-0.39, 0.29) is 10.8 Å². The molecule has 1 aromatic carbocycles. The molecule has 0 aliphatic heterocycles. The van der Waals surface area contributed by atoms with Gasteiger partial charge in [-0.1, -0.05) is 12.2 Å². The van der Waals surface area contributed by atoms with E-state index in [0.717, 1.165) is 24.9 Å². The van der Waals surface area contributed by atoms with E-state index >= 15 is 0 Å². The first-order valence-electron chi connectivity index (χ1n) is 5.99. The number of ether oxygens (including phenoxy) is 1. The summed E-state index contributed by atoms with van der Waals surface area (Å²) in [6.07, 6.45) is 3.32. The Kier molecular flexibility index (Phi) is 4.14. The number of anilines is 1. The van der Waals surface area contributed by atoms with E-state index < -0.39 is 0 Å². The number of halogens is 1. The summed E-state index contributed by atoms with van der Waals surface area (Å²) in [5.41, 5.74) is 6.97. The van der Waals surface area contributed by atoms with Crippen molar-refractivity contribution in [2.45, 2.75) is 31.4 Å². The highest BCUT2D eigenvalue weighted by atomic mass is 32.1. The molecule has 1 saturated carbocycles. The SMILES string of the molecule is COC1CCC(Nc2ccc(F)cc2C(N)=S)C1. The third-order valence-corrected chi connectivity index (χ3v) is 3.54. The smallest absolute Gasteiger partial charge is 0.124 e. The highest BCUT2D eigenvalue weighted by Crippen LogP contribution is 2.26. The van der Waals surface area contributed by atoms with Gasteiger partial charge in [-0.05, 0) is 37.5 Å². The van der Waals surface area contributed by atoms with Gasteiger partial charge in [0.05, 0.1) is 6.10 Å². The molecule has 0 heterocycles. The van der Waals surface area contributed by atoms with Crippen molar-refractivity contribution in [1.82, 2.24) is 0 Å². The van der Waals surface area contributed by atoms with Crippen LogP contribution in [0.5, 0.6) is 0 Å². The van der Waals surface area contributed by atoms with Crippen LogP contribution in [0.25, 0.3) is 0 Å². The Morgan fingerprint density at radius 1 is 1.50 bits per heavy atom. The molecule has 5 heteroatoms. The monoisotopic (exact) mass is 268 g/mol. The van der Waals surface area contributed by atoms with Gasteiger partial charge < -0.3 is 15.8 Å². The Balaban J connectivity index is 2.12. The molecule has 3 nitrogen and oxygen atoms in total. The number of hydrogen-bond acceptors (Lipinski definition) is 3. The minimum Gasteiger partial charge on any atom is -0.389 e. The molecule has 1 aromatic rings. The molecular formula is C13H17FN2OS. The van der Waals surface area contributed by atoms with Gasteiger partial charge in [-0.2, -0.15) is 0 Å². The van der Waals surface area contributed by atoms with Crippen LogP contribution in [-0.4, -0.2) is 24.2 Å². The maximum atomic E-state index is 13.2. The van der Waals surface area contributed by atoms with Crippen molar-refractivity contribution in [3.63, 3.8) is 0 Å². The molecule has 18 heavy (non-hydrogen) atoms. The first-order chi connectivity index (χ1) is 8.60. The Bertz CT molecular complexity index is 453. The van der Waals surface area contributed by atoms with E-state index in [4.69, 9.17) is 22.7 Å². The fourth-order valence-electron chi connectivity index (χ4n) is 2.35. The lowest BCUT2D eigenvalue weighted by Crippen LogP contribution is -2.20. The molecule has 1 aliphatic rings. The largest absolute Gasteiger partial charge is 0.389 e. The summed E-state index contributed by atoms with van der Waals surface area (Å²) >= 11 is 4.94. The first kappa shape index (κ1) is 13.2. The molecule has 3 N–H and O–H groups in total. The minimum atomic E-state index is -0.329. The van der Waals surface area contributed by atoms with Crippen LogP contribution in [-0.2, 0) is 4.74 Å². The number of hydrogen-bond donors (Lipinski definition) is 2. The Labute approximate surface area is 112 Å². The van der Waals surface area contributed by atoms with Crippen molar-refractivity contribution in [2.24, 2.45) is 5.73 Å². The van der Waals surface area contributed by atoms with Gasteiger partial charge >= 0.3 is 0 Å². The molecule has 0 bridgehead atoms. The van der Waals surface area contributed by atoms with Crippen molar-refractivity contribution in [3.05, 3.63) is 29.6 Å². The van der Waals surface area contributed by atoms with Gasteiger partial charge in [0.15, 0.2) is 0 Å². The lowest BCUT2D eigenvalue weighted by Gasteiger charge is -2.17. The predicted octanol–water partition coefficient (Wildman–Crippen LogP) is 2.44. The number of rotatable bonds is 4. The topological polar surface area (TPSA) is 47.3 Å². The third kappa shape index (κ3) is 2.97. The summed E-state index contributed by atoms with van der Waals surface area (Å²) in [7, 11) is 1.73. The summed E-state index contributed by atoms with van der Waals surface area (Å²) in [4.78, 5) is 0.207. The van der Waals surface area contributed by atoms with Gasteiger partial charge in [0, 0.05) is 24.4 Å². The third-order valence-electron chi connectivity index (χ3n) is 3.32. The van der Waals surface area contributed by atoms with Crippen LogP contribution in [0.1, 0.15) is 24.8 Å². The van der Waals surface area contributed by atoms with Crippen LogP contribution in [0.3, 0.4) is 0 Å². The lowest BCUT2D eigenvalue weighted by atomic mass is 10.1. The quantitative estimate of drug-likeness (QED) is 0.823. The molecule has 2 atom stereocenters. The van der Waals surface area contributed by atoms with Gasteiger partial charge in [-0.25, -0.2) is 4.39 Å². The van der Waals surface area contributed by atoms with Gasteiger partial charge in [-0.3, -0.25) is 0 Å². The van der Waals surface area contributed by atoms with Crippen LogP contribution >= 0.6 is 12.2 Å². The maximum Gasteiger partial charge on any atom is 0.124 e. The predicted molar refractivity (Wildman–Crippen MR) is 74.3 cm³/mol. The molecule has 0 amide bonds. The summed E-state index contributed by atoms with van der Waals surface area (Å²) in [6.45, 7) is 0. The second-order valence-electron chi connectivity index (χ2n) is 4.57. The standard InChI is InChI=1S/C13H17FN2OS/c1-17-10-4-3-9(7-10)16-12-5-2-8(14)6-11(12)13(15)18/h2,5-6,9-10,16H,3-4,7H2,1H3,(H2,15,18). The molecule has 0 radical (unpaired) electrons. The zero-order valence-corrected chi connectivity index (χ0v) is 11.1.